The Morgan fingerprint density at radius 3 is 2.86 bits per heavy atom. The van der Waals surface area contributed by atoms with Crippen molar-refractivity contribution in [3.8, 4) is 0 Å². The summed E-state index contributed by atoms with van der Waals surface area (Å²) < 4.78 is 0. The number of rotatable bonds is 4. The smallest absolute Gasteiger partial charge is 0.270 e. The van der Waals surface area contributed by atoms with Crippen molar-refractivity contribution in [2.24, 2.45) is 5.10 Å². The van der Waals surface area contributed by atoms with Gasteiger partial charge in [0.15, 0.2) is 0 Å². The number of nitro benzene ring substituents is 1. The van der Waals surface area contributed by atoms with Crippen molar-refractivity contribution in [2.75, 3.05) is 11.2 Å². The van der Waals surface area contributed by atoms with Gasteiger partial charge in [0.2, 0.25) is 5.95 Å². The maximum atomic E-state index is 10.7. The van der Waals surface area contributed by atoms with E-state index in [-0.39, 0.29) is 22.6 Å². The van der Waals surface area contributed by atoms with Crippen molar-refractivity contribution in [3.63, 3.8) is 0 Å². The number of nitro groups is 1. The summed E-state index contributed by atoms with van der Waals surface area (Å²) in [6.45, 7) is 1.69. The predicted octanol–water partition coefficient (Wildman–Crippen LogP) is 2.46. The molecule has 0 radical (unpaired) electrons. The van der Waals surface area contributed by atoms with Crippen molar-refractivity contribution in [1.29, 1.82) is 0 Å². The lowest BCUT2D eigenvalue weighted by molar-refractivity contribution is -0.384. The molecule has 0 aliphatic carbocycles. The van der Waals surface area contributed by atoms with Gasteiger partial charge in [0.05, 0.1) is 10.6 Å². The Balaban J connectivity index is 2.21. The standard InChI is InChI=1S/C12H11ClN6O2/c1-7(8-3-2-4-9(5-8)19(20)21)17-18-12-15-10(13)6-11(14)16-12/h2-6H,1H3,(H3,14,15,16,18). The van der Waals surface area contributed by atoms with Crippen LogP contribution in [0.5, 0.6) is 0 Å². The molecule has 0 spiro atoms. The maximum absolute atomic E-state index is 10.7. The SMILES string of the molecule is CC(=NNc1nc(N)cc(Cl)n1)c1cccc([N+](=O)[O-])c1. The molecule has 9 heteroatoms. The largest absolute Gasteiger partial charge is 0.383 e. The van der Waals surface area contributed by atoms with Gasteiger partial charge in [-0.1, -0.05) is 23.7 Å². The van der Waals surface area contributed by atoms with Gasteiger partial charge in [0.1, 0.15) is 11.0 Å². The van der Waals surface area contributed by atoms with Gasteiger partial charge in [-0.2, -0.15) is 15.1 Å². The molecule has 1 heterocycles. The molecular weight excluding hydrogens is 296 g/mol. The minimum atomic E-state index is -0.467. The number of non-ortho nitro benzene ring substituents is 1. The maximum Gasteiger partial charge on any atom is 0.270 e. The normalized spacial score (nSPS) is 11.2. The number of hydrogen-bond donors (Lipinski definition) is 2. The minimum absolute atomic E-state index is 0.00898. The Hall–Kier alpha value is -2.74. The van der Waals surface area contributed by atoms with Crippen molar-refractivity contribution in [1.82, 2.24) is 9.97 Å². The van der Waals surface area contributed by atoms with Crippen LogP contribution in [0.2, 0.25) is 5.15 Å². The monoisotopic (exact) mass is 306 g/mol. The molecule has 0 saturated heterocycles. The first-order valence-corrected chi connectivity index (χ1v) is 6.18. The highest BCUT2D eigenvalue weighted by Gasteiger charge is 2.07. The zero-order valence-corrected chi connectivity index (χ0v) is 11.7. The molecular formula is C12H11ClN6O2. The summed E-state index contributed by atoms with van der Waals surface area (Å²) in [5.74, 6) is 0.352. The number of anilines is 2. The fourth-order valence-corrected chi connectivity index (χ4v) is 1.72. The van der Waals surface area contributed by atoms with E-state index in [9.17, 15) is 10.1 Å². The molecule has 108 valence electrons. The molecule has 0 saturated carbocycles. The molecule has 0 atom stereocenters. The van der Waals surface area contributed by atoms with Gasteiger partial charge in [-0.25, -0.2) is 5.43 Å². The number of benzene rings is 1. The van der Waals surface area contributed by atoms with Crippen molar-refractivity contribution < 1.29 is 4.92 Å². The van der Waals surface area contributed by atoms with Crippen LogP contribution in [0.25, 0.3) is 0 Å². The first kappa shape index (κ1) is 14.7. The molecule has 0 amide bonds. The average molecular weight is 307 g/mol. The van der Waals surface area contributed by atoms with Crippen LogP contribution < -0.4 is 11.2 Å². The lowest BCUT2D eigenvalue weighted by Crippen LogP contribution is -2.04. The molecule has 1 aromatic carbocycles. The number of hydrazone groups is 1. The Bertz CT molecular complexity index is 698. The van der Waals surface area contributed by atoms with E-state index in [2.05, 4.69) is 20.5 Å². The third-order valence-corrected chi connectivity index (χ3v) is 2.71. The van der Waals surface area contributed by atoms with Crippen LogP contribution in [-0.4, -0.2) is 20.6 Å². The van der Waals surface area contributed by atoms with Crippen LogP contribution in [0.1, 0.15) is 12.5 Å². The van der Waals surface area contributed by atoms with Gasteiger partial charge in [-0.05, 0) is 6.92 Å². The number of hydrogen-bond acceptors (Lipinski definition) is 7. The van der Waals surface area contributed by atoms with Gasteiger partial charge in [0, 0.05) is 23.8 Å². The van der Waals surface area contributed by atoms with Crippen LogP contribution >= 0.6 is 11.6 Å². The van der Waals surface area contributed by atoms with E-state index in [1.807, 2.05) is 0 Å². The zero-order chi connectivity index (χ0) is 15.4. The minimum Gasteiger partial charge on any atom is -0.383 e. The highest BCUT2D eigenvalue weighted by atomic mass is 35.5. The topological polar surface area (TPSA) is 119 Å². The van der Waals surface area contributed by atoms with Crippen molar-refractivity contribution in [2.45, 2.75) is 6.92 Å². The summed E-state index contributed by atoms with van der Waals surface area (Å²) in [4.78, 5) is 18.1. The van der Waals surface area contributed by atoms with Gasteiger partial charge in [-0.3, -0.25) is 10.1 Å². The fraction of sp³-hybridized carbons (Fsp3) is 0.0833. The second-order valence-corrected chi connectivity index (χ2v) is 4.44. The first-order valence-electron chi connectivity index (χ1n) is 5.81. The third kappa shape index (κ3) is 3.86. The van der Waals surface area contributed by atoms with Crippen LogP contribution in [0.15, 0.2) is 35.4 Å². The Kier molecular flexibility index (Phi) is 4.29. The van der Waals surface area contributed by atoms with E-state index in [1.165, 1.54) is 18.2 Å². The summed E-state index contributed by atoms with van der Waals surface area (Å²) in [6.07, 6.45) is 0. The third-order valence-electron chi connectivity index (χ3n) is 2.51. The Morgan fingerprint density at radius 1 is 1.43 bits per heavy atom. The Morgan fingerprint density at radius 2 is 2.19 bits per heavy atom. The summed E-state index contributed by atoms with van der Waals surface area (Å²) in [5, 5.41) is 15.0. The number of nitrogens with two attached hydrogens (primary N) is 1. The summed E-state index contributed by atoms with van der Waals surface area (Å²) in [6, 6.07) is 7.53. The van der Waals surface area contributed by atoms with E-state index < -0.39 is 4.92 Å². The molecule has 21 heavy (non-hydrogen) atoms. The highest BCUT2D eigenvalue weighted by molar-refractivity contribution is 6.29. The molecule has 0 aliphatic rings. The molecule has 1 aromatic heterocycles. The van der Waals surface area contributed by atoms with E-state index in [0.717, 1.165) is 0 Å². The van der Waals surface area contributed by atoms with Crippen LogP contribution in [0, 0.1) is 10.1 Å². The van der Waals surface area contributed by atoms with E-state index in [0.29, 0.717) is 11.3 Å². The van der Waals surface area contributed by atoms with Gasteiger partial charge in [-0.15, -0.1) is 0 Å². The van der Waals surface area contributed by atoms with Gasteiger partial charge in [0.25, 0.3) is 5.69 Å². The summed E-state index contributed by atoms with van der Waals surface area (Å²) >= 11 is 5.74. The summed E-state index contributed by atoms with van der Waals surface area (Å²) in [7, 11) is 0. The van der Waals surface area contributed by atoms with Crippen molar-refractivity contribution in [3.05, 3.63) is 51.2 Å². The average Bonchev–Trinajstić information content (AvgIpc) is 2.44. The molecule has 2 rings (SSSR count). The number of nitrogen functional groups attached to an aromatic ring is 1. The second kappa shape index (κ2) is 6.14. The second-order valence-electron chi connectivity index (χ2n) is 4.06. The Labute approximate surface area is 124 Å². The van der Waals surface area contributed by atoms with Crippen LogP contribution in [-0.2, 0) is 0 Å². The number of aromatic nitrogens is 2. The lowest BCUT2D eigenvalue weighted by atomic mass is 10.1. The van der Waals surface area contributed by atoms with Gasteiger partial charge < -0.3 is 5.73 Å². The lowest BCUT2D eigenvalue weighted by Gasteiger charge is -2.03. The van der Waals surface area contributed by atoms with Gasteiger partial charge >= 0.3 is 0 Å². The first-order chi connectivity index (χ1) is 9.95. The molecule has 0 bridgehead atoms. The molecule has 3 N–H and O–H groups in total. The molecule has 0 fully saturated rings. The molecule has 2 aromatic rings. The molecule has 0 unspecified atom stereocenters. The molecule has 8 nitrogen and oxygen atoms in total. The number of nitrogens with one attached hydrogen (secondary N) is 1. The molecule has 0 aliphatic heterocycles. The zero-order valence-electron chi connectivity index (χ0n) is 10.9. The predicted molar refractivity (Wildman–Crippen MR) is 80.4 cm³/mol. The van der Waals surface area contributed by atoms with Crippen LogP contribution in [0.4, 0.5) is 17.5 Å². The van der Waals surface area contributed by atoms with E-state index in [4.69, 9.17) is 17.3 Å². The summed E-state index contributed by atoms with van der Waals surface area (Å²) in [5.41, 5.74) is 9.26. The number of nitrogens with zero attached hydrogens (tertiary/aromatic N) is 4. The van der Waals surface area contributed by atoms with Crippen molar-refractivity contribution >= 4 is 34.8 Å². The fourth-order valence-electron chi connectivity index (χ4n) is 1.53. The van der Waals surface area contributed by atoms with E-state index >= 15 is 0 Å². The van der Waals surface area contributed by atoms with Crippen LogP contribution in [0.3, 0.4) is 0 Å². The highest BCUT2D eigenvalue weighted by Crippen LogP contribution is 2.15. The number of halogens is 1. The van der Waals surface area contributed by atoms with E-state index in [1.54, 1.807) is 19.1 Å². The quantitative estimate of drug-likeness (QED) is 0.387.